The Labute approximate surface area is 155 Å². The lowest BCUT2D eigenvalue weighted by atomic mass is 10.1. The summed E-state index contributed by atoms with van der Waals surface area (Å²) in [5.41, 5.74) is 3.05. The number of tetrazole rings is 1. The standard InChI is InChI=1S/C18H18N8O/c1-11(2)17-21-18(26(22-17)15-6-7-19-9-12(15)3)14-5-4-13(8-16(14)27)25-10-20-23-24-25/h4-11,27H,1-3H3. The molecule has 0 fully saturated rings. The van der Waals surface area contributed by atoms with Crippen LogP contribution in [0.25, 0.3) is 22.8 Å². The Morgan fingerprint density at radius 1 is 1.15 bits per heavy atom. The van der Waals surface area contributed by atoms with Crippen molar-refractivity contribution >= 4 is 0 Å². The number of aryl methyl sites for hydroxylation is 1. The van der Waals surface area contributed by atoms with E-state index in [0.29, 0.717) is 22.9 Å². The lowest BCUT2D eigenvalue weighted by Gasteiger charge is -2.10. The van der Waals surface area contributed by atoms with Crippen molar-refractivity contribution in [2.24, 2.45) is 0 Å². The number of hydrogen-bond acceptors (Lipinski definition) is 7. The van der Waals surface area contributed by atoms with Gasteiger partial charge in [-0.15, -0.1) is 5.10 Å². The van der Waals surface area contributed by atoms with E-state index >= 15 is 0 Å². The van der Waals surface area contributed by atoms with Gasteiger partial charge in [0, 0.05) is 24.4 Å². The van der Waals surface area contributed by atoms with Gasteiger partial charge in [0.25, 0.3) is 0 Å². The molecule has 0 saturated heterocycles. The summed E-state index contributed by atoms with van der Waals surface area (Å²) in [7, 11) is 0. The molecular weight excluding hydrogens is 344 g/mol. The normalized spacial score (nSPS) is 11.3. The topological polar surface area (TPSA) is 107 Å². The summed E-state index contributed by atoms with van der Waals surface area (Å²) in [6, 6.07) is 7.08. The number of phenols is 1. The lowest BCUT2D eigenvalue weighted by molar-refractivity contribution is 0.476. The molecule has 0 amide bonds. The molecule has 0 spiro atoms. The molecule has 0 aliphatic heterocycles. The Kier molecular flexibility index (Phi) is 4.11. The summed E-state index contributed by atoms with van der Waals surface area (Å²) in [5.74, 6) is 1.48. The fraction of sp³-hybridized carbons (Fsp3) is 0.222. The predicted molar refractivity (Wildman–Crippen MR) is 97.8 cm³/mol. The van der Waals surface area contributed by atoms with Crippen LogP contribution < -0.4 is 0 Å². The maximum Gasteiger partial charge on any atom is 0.167 e. The van der Waals surface area contributed by atoms with Crippen LogP contribution in [0, 0.1) is 6.92 Å². The van der Waals surface area contributed by atoms with Crippen LogP contribution in [0.15, 0.2) is 43.0 Å². The second-order valence-corrected chi connectivity index (χ2v) is 6.48. The Hall–Kier alpha value is -3.62. The molecule has 0 bridgehead atoms. The summed E-state index contributed by atoms with van der Waals surface area (Å²) in [6.07, 6.45) is 4.95. The van der Waals surface area contributed by atoms with Crippen LogP contribution in [-0.2, 0) is 0 Å². The summed E-state index contributed by atoms with van der Waals surface area (Å²) in [6.45, 7) is 6.02. The number of pyridine rings is 1. The van der Waals surface area contributed by atoms with Crippen LogP contribution >= 0.6 is 0 Å². The average molecular weight is 362 g/mol. The molecule has 0 aliphatic carbocycles. The van der Waals surface area contributed by atoms with E-state index in [9.17, 15) is 5.11 Å². The van der Waals surface area contributed by atoms with Gasteiger partial charge in [0.1, 0.15) is 12.1 Å². The number of benzene rings is 1. The van der Waals surface area contributed by atoms with Crippen LogP contribution in [0.5, 0.6) is 5.75 Å². The first-order valence-electron chi connectivity index (χ1n) is 8.49. The smallest absolute Gasteiger partial charge is 0.167 e. The number of aromatic nitrogens is 8. The molecule has 9 nitrogen and oxygen atoms in total. The van der Waals surface area contributed by atoms with Gasteiger partial charge in [-0.1, -0.05) is 13.8 Å². The third-order valence-electron chi connectivity index (χ3n) is 4.19. The van der Waals surface area contributed by atoms with E-state index in [1.807, 2.05) is 32.9 Å². The molecule has 0 atom stereocenters. The second-order valence-electron chi connectivity index (χ2n) is 6.48. The van der Waals surface area contributed by atoms with Crippen molar-refractivity contribution in [3.05, 3.63) is 54.4 Å². The third kappa shape index (κ3) is 3.03. The number of aromatic hydroxyl groups is 1. The molecule has 9 heteroatoms. The first-order chi connectivity index (χ1) is 13.0. The monoisotopic (exact) mass is 362 g/mol. The van der Waals surface area contributed by atoms with Crippen molar-refractivity contribution in [2.45, 2.75) is 26.7 Å². The van der Waals surface area contributed by atoms with Crippen molar-refractivity contribution in [1.82, 2.24) is 40.0 Å². The van der Waals surface area contributed by atoms with Crippen molar-refractivity contribution < 1.29 is 5.11 Å². The van der Waals surface area contributed by atoms with E-state index in [0.717, 1.165) is 11.3 Å². The van der Waals surface area contributed by atoms with E-state index in [4.69, 9.17) is 0 Å². The van der Waals surface area contributed by atoms with E-state index in [-0.39, 0.29) is 11.7 Å². The highest BCUT2D eigenvalue weighted by molar-refractivity contribution is 5.68. The summed E-state index contributed by atoms with van der Waals surface area (Å²) in [4.78, 5) is 8.81. The summed E-state index contributed by atoms with van der Waals surface area (Å²) >= 11 is 0. The van der Waals surface area contributed by atoms with Gasteiger partial charge < -0.3 is 5.11 Å². The van der Waals surface area contributed by atoms with Gasteiger partial charge in [-0.3, -0.25) is 4.98 Å². The van der Waals surface area contributed by atoms with Crippen LogP contribution in [0.1, 0.15) is 31.2 Å². The maximum atomic E-state index is 10.7. The van der Waals surface area contributed by atoms with Crippen LogP contribution in [0.3, 0.4) is 0 Å². The zero-order valence-electron chi connectivity index (χ0n) is 15.1. The first kappa shape index (κ1) is 16.8. The van der Waals surface area contributed by atoms with Gasteiger partial charge in [0.15, 0.2) is 11.6 Å². The minimum absolute atomic E-state index is 0.0682. The van der Waals surface area contributed by atoms with E-state index in [1.54, 1.807) is 29.2 Å². The predicted octanol–water partition coefficient (Wildman–Crippen LogP) is 2.44. The van der Waals surface area contributed by atoms with Crippen LogP contribution in [-0.4, -0.2) is 45.1 Å². The molecule has 136 valence electrons. The Bertz CT molecular complexity index is 1080. The molecule has 0 radical (unpaired) electrons. The Morgan fingerprint density at radius 3 is 2.67 bits per heavy atom. The molecule has 1 N–H and O–H groups in total. The highest BCUT2D eigenvalue weighted by atomic mass is 16.3. The second kappa shape index (κ2) is 6.60. The first-order valence-corrected chi connectivity index (χ1v) is 8.49. The molecular formula is C18H18N8O. The van der Waals surface area contributed by atoms with Crippen LogP contribution in [0.4, 0.5) is 0 Å². The van der Waals surface area contributed by atoms with E-state index in [1.165, 1.54) is 11.0 Å². The SMILES string of the molecule is Cc1cnccc1-n1nc(C(C)C)nc1-c1ccc(-n2cnnn2)cc1O. The van der Waals surface area contributed by atoms with Gasteiger partial charge >= 0.3 is 0 Å². The molecule has 3 aromatic heterocycles. The number of hydrogen-bond donors (Lipinski definition) is 1. The quantitative estimate of drug-likeness (QED) is 0.594. The maximum absolute atomic E-state index is 10.7. The van der Waals surface area contributed by atoms with Crippen molar-refractivity contribution in [2.75, 3.05) is 0 Å². The van der Waals surface area contributed by atoms with Gasteiger partial charge in [0.05, 0.1) is 16.9 Å². The minimum Gasteiger partial charge on any atom is -0.507 e. The molecule has 4 rings (SSSR count). The molecule has 27 heavy (non-hydrogen) atoms. The Balaban J connectivity index is 1.87. The lowest BCUT2D eigenvalue weighted by Crippen LogP contribution is -2.03. The summed E-state index contributed by atoms with van der Waals surface area (Å²) in [5, 5.41) is 26.4. The fourth-order valence-corrected chi connectivity index (χ4v) is 2.75. The van der Waals surface area contributed by atoms with E-state index in [2.05, 4.69) is 30.6 Å². The van der Waals surface area contributed by atoms with Crippen molar-refractivity contribution in [3.8, 4) is 28.5 Å². The third-order valence-corrected chi connectivity index (χ3v) is 4.19. The van der Waals surface area contributed by atoms with Crippen molar-refractivity contribution in [3.63, 3.8) is 0 Å². The molecule has 0 unspecified atom stereocenters. The van der Waals surface area contributed by atoms with Crippen LogP contribution in [0.2, 0.25) is 0 Å². The van der Waals surface area contributed by atoms with Gasteiger partial charge in [0.2, 0.25) is 0 Å². The van der Waals surface area contributed by atoms with E-state index < -0.39 is 0 Å². The Morgan fingerprint density at radius 2 is 2.00 bits per heavy atom. The fourth-order valence-electron chi connectivity index (χ4n) is 2.75. The van der Waals surface area contributed by atoms with Gasteiger partial charge in [-0.25, -0.2) is 14.3 Å². The molecule has 0 aliphatic rings. The van der Waals surface area contributed by atoms with Crippen molar-refractivity contribution in [1.29, 1.82) is 0 Å². The zero-order valence-corrected chi connectivity index (χ0v) is 15.1. The molecule has 3 heterocycles. The summed E-state index contributed by atoms with van der Waals surface area (Å²) < 4.78 is 3.22. The molecule has 1 aromatic carbocycles. The van der Waals surface area contributed by atoms with Gasteiger partial charge in [-0.05, 0) is 41.1 Å². The number of phenolic OH excluding ortho intramolecular Hbond substituents is 1. The largest absolute Gasteiger partial charge is 0.507 e. The highest BCUT2D eigenvalue weighted by Gasteiger charge is 2.19. The molecule has 4 aromatic rings. The average Bonchev–Trinajstić information content (AvgIpc) is 3.32. The highest BCUT2D eigenvalue weighted by Crippen LogP contribution is 2.32. The number of nitrogens with zero attached hydrogens (tertiary/aromatic N) is 8. The molecule has 0 saturated carbocycles. The van der Waals surface area contributed by atoms with Gasteiger partial charge in [-0.2, -0.15) is 5.10 Å². The zero-order chi connectivity index (χ0) is 19.0. The minimum atomic E-state index is 0.0682. The number of rotatable bonds is 4.